The summed E-state index contributed by atoms with van der Waals surface area (Å²) in [5.41, 5.74) is 0. The molecule has 5 heteroatoms. The van der Waals surface area contributed by atoms with Crippen molar-refractivity contribution in [2.24, 2.45) is 5.92 Å². The topological polar surface area (TPSA) is 53.0 Å². The lowest BCUT2D eigenvalue weighted by atomic mass is 9.99. The van der Waals surface area contributed by atoms with E-state index < -0.39 is 5.97 Å². The minimum atomic E-state index is -0.715. The van der Waals surface area contributed by atoms with Crippen molar-refractivity contribution in [3.8, 4) is 0 Å². The molecule has 0 aromatic rings. The molecular formula is C15H28N2O3. The van der Waals surface area contributed by atoms with Gasteiger partial charge in [-0.25, -0.2) is 0 Å². The molecule has 5 nitrogen and oxygen atoms in total. The van der Waals surface area contributed by atoms with Crippen LogP contribution in [-0.4, -0.2) is 71.8 Å². The maximum Gasteiger partial charge on any atom is 0.310 e. The predicted octanol–water partition coefficient (Wildman–Crippen LogP) is 1.28. The van der Waals surface area contributed by atoms with Gasteiger partial charge in [-0.2, -0.15) is 0 Å². The Morgan fingerprint density at radius 3 is 2.75 bits per heavy atom. The Hall–Kier alpha value is -0.650. The number of hydrogen-bond acceptors (Lipinski definition) is 4. The van der Waals surface area contributed by atoms with Gasteiger partial charge in [0.15, 0.2) is 0 Å². The number of hydrogen-bond donors (Lipinski definition) is 1. The van der Waals surface area contributed by atoms with Gasteiger partial charge >= 0.3 is 5.97 Å². The summed E-state index contributed by atoms with van der Waals surface area (Å²) in [6, 6.07) is 1.09. The molecule has 2 rings (SSSR count). The Labute approximate surface area is 121 Å². The third-order valence-electron chi connectivity index (χ3n) is 4.67. The zero-order valence-corrected chi connectivity index (χ0v) is 12.9. The standard InChI is InChI=1S/C15H28N2O3/c1-4-6-17(12-5-7-16(8-12)11(2)3)14-10-20-9-13(14)15(18)19/h11-14H,4-10H2,1-3H3,(H,18,19). The van der Waals surface area contributed by atoms with Crippen molar-refractivity contribution < 1.29 is 14.6 Å². The molecule has 116 valence electrons. The Balaban J connectivity index is 2.05. The van der Waals surface area contributed by atoms with E-state index in [0.717, 1.165) is 32.5 Å². The number of carbonyl (C=O) groups is 1. The maximum atomic E-state index is 11.4. The predicted molar refractivity (Wildman–Crippen MR) is 77.8 cm³/mol. The fraction of sp³-hybridized carbons (Fsp3) is 0.933. The number of rotatable bonds is 6. The zero-order chi connectivity index (χ0) is 14.7. The van der Waals surface area contributed by atoms with Crippen LogP contribution in [0, 0.1) is 5.92 Å². The fourth-order valence-electron chi connectivity index (χ4n) is 3.49. The molecule has 2 aliphatic rings. The summed E-state index contributed by atoms with van der Waals surface area (Å²) in [7, 11) is 0. The number of ether oxygens (including phenoxy) is 1. The Kier molecular flexibility index (Phi) is 5.41. The summed E-state index contributed by atoms with van der Waals surface area (Å²) in [6.45, 7) is 10.7. The number of likely N-dealkylation sites (tertiary alicyclic amines) is 1. The first kappa shape index (κ1) is 15.7. The first-order valence-corrected chi connectivity index (χ1v) is 7.85. The van der Waals surface area contributed by atoms with Gasteiger partial charge in [-0.05, 0) is 33.2 Å². The number of aliphatic carboxylic acids is 1. The summed E-state index contributed by atoms with van der Waals surface area (Å²) in [5.74, 6) is -1.08. The van der Waals surface area contributed by atoms with Gasteiger partial charge in [-0.3, -0.25) is 14.6 Å². The van der Waals surface area contributed by atoms with Gasteiger partial charge in [0.1, 0.15) is 0 Å². The van der Waals surface area contributed by atoms with Crippen LogP contribution in [0.15, 0.2) is 0 Å². The van der Waals surface area contributed by atoms with Crippen LogP contribution >= 0.6 is 0 Å². The van der Waals surface area contributed by atoms with Crippen molar-refractivity contribution >= 4 is 5.97 Å². The Morgan fingerprint density at radius 2 is 2.20 bits per heavy atom. The Morgan fingerprint density at radius 1 is 1.45 bits per heavy atom. The summed E-state index contributed by atoms with van der Waals surface area (Å²) in [6.07, 6.45) is 2.20. The van der Waals surface area contributed by atoms with Crippen molar-refractivity contribution in [2.45, 2.75) is 51.7 Å². The third-order valence-corrected chi connectivity index (χ3v) is 4.67. The monoisotopic (exact) mass is 284 g/mol. The van der Waals surface area contributed by atoms with Crippen LogP contribution in [-0.2, 0) is 9.53 Å². The van der Waals surface area contributed by atoms with Gasteiger partial charge in [0.2, 0.25) is 0 Å². The van der Waals surface area contributed by atoms with E-state index in [2.05, 4.69) is 30.6 Å². The molecular weight excluding hydrogens is 256 g/mol. The molecule has 1 N–H and O–H groups in total. The highest BCUT2D eigenvalue weighted by atomic mass is 16.5. The van der Waals surface area contributed by atoms with Crippen LogP contribution in [0.2, 0.25) is 0 Å². The van der Waals surface area contributed by atoms with E-state index >= 15 is 0 Å². The molecule has 20 heavy (non-hydrogen) atoms. The first-order chi connectivity index (χ1) is 9.54. The smallest absolute Gasteiger partial charge is 0.310 e. The molecule has 2 fully saturated rings. The van der Waals surface area contributed by atoms with Crippen molar-refractivity contribution in [1.29, 1.82) is 0 Å². The molecule has 3 unspecified atom stereocenters. The van der Waals surface area contributed by atoms with Crippen molar-refractivity contribution in [3.05, 3.63) is 0 Å². The second-order valence-corrected chi connectivity index (χ2v) is 6.32. The molecule has 0 amide bonds. The summed E-state index contributed by atoms with van der Waals surface area (Å²) in [4.78, 5) is 16.3. The number of carboxylic acids is 1. The molecule has 0 aromatic heterocycles. The van der Waals surface area contributed by atoms with Gasteiger partial charge in [-0.15, -0.1) is 0 Å². The third kappa shape index (κ3) is 3.32. The summed E-state index contributed by atoms with van der Waals surface area (Å²) < 4.78 is 5.46. The highest BCUT2D eigenvalue weighted by Crippen LogP contribution is 2.27. The second-order valence-electron chi connectivity index (χ2n) is 6.32. The largest absolute Gasteiger partial charge is 0.481 e. The maximum absolute atomic E-state index is 11.4. The minimum absolute atomic E-state index is 0.0459. The number of nitrogens with zero attached hydrogens (tertiary/aromatic N) is 2. The molecule has 2 heterocycles. The molecule has 2 aliphatic heterocycles. The molecule has 0 spiro atoms. The molecule has 0 aliphatic carbocycles. The van der Waals surface area contributed by atoms with Gasteiger partial charge in [0.05, 0.1) is 19.1 Å². The van der Waals surface area contributed by atoms with Crippen LogP contribution in [0.3, 0.4) is 0 Å². The molecule has 0 bridgehead atoms. The van der Waals surface area contributed by atoms with E-state index in [-0.39, 0.29) is 12.0 Å². The zero-order valence-electron chi connectivity index (χ0n) is 12.9. The second kappa shape index (κ2) is 6.87. The van der Waals surface area contributed by atoms with Gasteiger partial charge in [-0.1, -0.05) is 6.92 Å². The van der Waals surface area contributed by atoms with Crippen molar-refractivity contribution in [1.82, 2.24) is 9.80 Å². The molecule has 3 atom stereocenters. The van der Waals surface area contributed by atoms with Crippen LogP contribution < -0.4 is 0 Å². The highest BCUT2D eigenvalue weighted by Gasteiger charge is 2.41. The lowest BCUT2D eigenvalue weighted by molar-refractivity contribution is -0.143. The van der Waals surface area contributed by atoms with E-state index in [4.69, 9.17) is 4.74 Å². The average Bonchev–Trinajstić information content (AvgIpc) is 3.05. The molecule has 0 radical (unpaired) electrons. The van der Waals surface area contributed by atoms with Crippen LogP contribution in [0.5, 0.6) is 0 Å². The highest BCUT2D eigenvalue weighted by molar-refractivity contribution is 5.71. The number of carboxylic acid groups (broad SMARTS) is 1. The summed E-state index contributed by atoms with van der Waals surface area (Å²) >= 11 is 0. The Bertz CT molecular complexity index is 335. The van der Waals surface area contributed by atoms with Crippen LogP contribution in [0.4, 0.5) is 0 Å². The van der Waals surface area contributed by atoms with Crippen molar-refractivity contribution in [3.63, 3.8) is 0 Å². The van der Waals surface area contributed by atoms with Gasteiger partial charge in [0.25, 0.3) is 0 Å². The minimum Gasteiger partial charge on any atom is -0.481 e. The SMILES string of the molecule is CCCN(C1CCN(C(C)C)C1)C1COCC1C(=O)O. The lowest BCUT2D eigenvalue weighted by Gasteiger charge is -2.35. The van der Waals surface area contributed by atoms with E-state index in [0.29, 0.717) is 25.3 Å². The quantitative estimate of drug-likeness (QED) is 0.796. The lowest BCUT2D eigenvalue weighted by Crippen LogP contribution is -2.50. The van der Waals surface area contributed by atoms with Gasteiger partial charge in [0, 0.05) is 31.2 Å². The normalized spacial score (nSPS) is 31.6. The molecule has 0 aromatic carbocycles. The van der Waals surface area contributed by atoms with E-state index in [1.165, 1.54) is 0 Å². The average molecular weight is 284 g/mol. The molecule has 0 saturated carbocycles. The van der Waals surface area contributed by atoms with Crippen LogP contribution in [0.1, 0.15) is 33.6 Å². The van der Waals surface area contributed by atoms with E-state index in [9.17, 15) is 9.90 Å². The van der Waals surface area contributed by atoms with E-state index in [1.54, 1.807) is 0 Å². The fourth-order valence-corrected chi connectivity index (χ4v) is 3.49. The summed E-state index contributed by atoms with van der Waals surface area (Å²) in [5, 5.41) is 9.37. The van der Waals surface area contributed by atoms with Crippen LogP contribution in [0.25, 0.3) is 0 Å². The van der Waals surface area contributed by atoms with E-state index in [1.807, 2.05) is 0 Å². The van der Waals surface area contributed by atoms with Gasteiger partial charge < -0.3 is 9.84 Å². The molecule has 2 saturated heterocycles. The van der Waals surface area contributed by atoms with Crippen molar-refractivity contribution in [2.75, 3.05) is 32.8 Å². The first-order valence-electron chi connectivity index (χ1n) is 7.85.